The molecule has 0 amide bonds. The fourth-order valence-electron chi connectivity index (χ4n) is 11.6. The highest BCUT2D eigenvalue weighted by Crippen LogP contribution is 2.40. The van der Waals surface area contributed by atoms with Crippen LogP contribution in [0.5, 0.6) is 0 Å². The molecule has 0 radical (unpaired) electrons. The lowest BCUT2D eigenvalue weighted by Gasteiger charge is -2.48. The van der Waals surface area contributed by atoms with Gasteiger partial charge in [0.25, 0.3) is 0 Å². The third kappa shape index (κ3) is 13.4. The van der Waals surface area contributed by atoms with Crippen LogP contribution in [0.15, 0.2) is 42.7 Å². The quantitative estimate of drug-likeness (QED) is 0.104. The number of para-hydroxylation sites is 1. The number of nitrogens with zero attached hydrogens (tertiary/aromatic N) is 6. The molecule has 3 fully saturated rings. The van der Waals surface area contributed by atoms with Crippen LogP contribution in [0.25, 0.3) is 10.9 Å². The van der Waals surface area contributed by atoms with Gasteiger partial charge in [-0.1, -0.05) is 44.2 Å². The maximum atomic E-state index is 14.6. The fraction of sp³-hybridized carbons (Fsp3) is 0.792. The van der Waals surface area contributed by atoms with Crippen LogP contribution in [0.1, 0.15) is 113 Å². The molecule has 3 aromatic rings. The average Bonchev–Trinajstić information content (AvgIpc) is 3.96. The zero-order valence-electron chi connectivity index (χ0n) is 44.8. The van der Waals surface area contributed by atoms with Crippen molar-refractivity contribution in [2.24, 2.45) is 17.8 Å². The number of hydrogen-bond donors (Lipinski definition) is 5. The number of ether oxygens (including phenoxy) is 6. The minimum Gasteiger partial charge on any atom is -0.459 e. The first-order valence-corrected chi connectivity index (χ1v) is 26.1. The molecule has 1 aromatic carbocycles. The molecule has 3 saturated heterocycles. The summed E-state index contributed by atoms with van der Waals surface area (Å²) in [6.45, 7) is 20.3. The second-order valence-electron chi connectivity index (χ2n) is 22.2. The van der Waals surface area contributed by atoms with Crippen LogP contribution in [0.3, 0.4) is 0 Å². The van der Waals surface area contributed by atoms with Gasteiger partial charge >= 0.3 is 5.97 Å². The third-order valence-corrected chi connectivity index (χ3v) is 16.0. The molecule has 0 spiro atoms. The van der Waals surface area contributed by atoms with Crippen molar-refractivity contribution in [2.45, 2.75) is 218 Å². The Morgan fingerprint density at radius 2 is 1.62 bits per heavy atom. The SMILES string of the molecule is CC[C@H]1OC(=O)[C@H](C)[C@@H](O[C@H]2C[C@@](C)(OC)[C@@H](O)[C@H](C)O2)[C@H](C)[C@@H](O[C@@H]2O[C@H](C)C[C@H](N(C)C)[C@H]2O)[C@](C)(O)C[C@@H](C)CN(CCCCc2cn(CCn3ccc4ccccc43)nn2)[C@H](C)[C@@H](O)[C@]1(C)O. The number of aliphatic hydroxyl groups excluding tert-OH is 3. The Labute approximate surface area is 421 Å². The van der Waals surface area contributed by atoms with Crippen molar-refractivity contribution in [1.82, 2.24) is 29.4 Å². The largest absolute Gasteiger partial charge is 0.459 e. The molecule has 5 N–H and O–H groups in total. The molecule has 5 heterocycles. The molecular formula is C53H88N6O12. The van der Waals surface area contributed by atoms with Crippen molar-refractivity contribution in [3.63, 3.8) is 0 Å². The summed E-state index contributed by atoms with van der Waals surface area (Å²) in [6, 6.07) is 9.51. The summed E-state index contributed by atoms with van der Waals surface area (Å²) in [5.74, 6) is -2.74. The number of hydrogen-bond acceptors (Lipinski definition) is 16. The van der Waals surface area contributed by atoms with Gasteiger partial charge in [-0.2, -0.15) is 0 Å². The Morgan fingerprint density at radius 1 is 0.901 bits per heavy atom. The number of unbranched alkanes of at least 4 members (excludes halogenated alkanes) is 1. The third-order valence-electron chi connectivity index (χ3n) is 16.0. The van der Waals surface area contributed by atoms with Gasteiger partial charge in [-0.25, -0.2) is 0 Å². The van der Waals surface area contributed by atoms with E-state index in [-0.39, 0.29) is 37.3 Å². The molecule has 402 valence electrons. The molecule has 0 aliphatic carbocycles. The molecule has 18 heteroatoms. The molecule has 6 rings (SSSR count). The van der Waals surface area contributed by atoms with Gasteiger partial charge in [-0.05, 0) is 131 Å². The standard InChI is InChI=1S/C53H88N6O12/c1-14-42-53(10,65)46(61)36(6)58(23-18-17-20-39-31-59(55-54-39)26-25-57-24-22-38-19-15-16-21-40(38)57)30-32(2)28-51(8,64)48(71-50-44(60)41(56(11)12)27-33(3)67-50)34(4)45(35(5)49(63)69-42)70-43-29-52(9,66-13)47(62)37(7)68-43/h15-16,19,21-22,24,31-37,41-48,50,60-62,64-65H,14,17-18,20,23,25-30H2,1-13H3/t32-,33-,34+,35-,36-,37+,41+,42-,43+,44-,45+,46-,47+,48-,50+,51-,52-,53-/m1/s1. The summed E-state index contributed by atoms with van der Waals surface area (Å²) < 4.78 is 42.4. The minimum absolute atomic E-state index is 0.116. The monoisotopic (exact) mass is 1000 g/mol. The smallest absolute Gasteiger partial charge is 0.311 e. The second kappa shape index (κ2) is 24.0. The van der Waals surface area contributed by atoms with Gasteiger partial charge in [0.15, 0.2) is 12.6 Å². The number of benzene rings is 1. The van der Waals surface area contributed by atoms with E-state index in [1.54, 1.807) is 34.6 Å². The van der Waals surface area contributed by atoms with Crippen molar-refractivity contribution in [3.8, 4) is 0 Å². The van der Waals surface area contributed by atoms with Crippen LogP contribution in [-0.4, -0.2) is 185 Å². The number of aromatic nitrogens is 4. The summed E-state index contributed by atoms with van der Waals surface area (Å²) in [7, 11) is 5.30. The summed E-state index contributed by atoms with van der Waals surface area (Å²) in [5, 5.41) is 70.4. The zero-order valence-corrected chi connectivity index (χ0v) is 44.8. The van der Waals surface area contributed by atoms with E-state index in [1.165, 1.54) is 24.9 Å². The summed E-state index contributed by atoms with van der Waals surface area (Å²) >= 11 is 0. The molecule has 3 aliphatic heterocycles. The summed E-state index contributed by atoms with van der Waals surface area (Å²) in [5.41, 5.74) is -2.48. The number of likely N-dealkylation sites (N-methyl/N-ethyl adjacent to an activating group) is 1. The van der Waals surface area contributed by atoms with E-state index in [2.05, 4.69) is 44.2 Å². The predicted molar refractivity (Wildman–Crippen MR) is 268 cm³/mol. The number of esters is 1. The molecule has 0 unspecified atom stereocenters. The lowest BCUT2D eigenvalue weighted by Crippen LogP contribution is -2.60. The lowest BCUT2D eigenvalue weighted by atomic mass is 9.77. The van der Waals surface area contributed by atoms with Crippen molar-refractivity contribution in [3.05, 3.63) is 48.4 Å². The second-order valence-corrected chi connectivity index (χ2v) is 22.2. The van der Waals surface area contributed by atoms with Gasteiger partial charge < -0.3 is 63.4 Å². The first kappa shape index (κ1) is 57.2. The number of aliphatic hydroxyl groups is 5. The van der Waals surface area contributed by atoms with Gasteiger partial charge in [-0.3, -0.25) is 14.4 Å². The number of rotatable bonds is 15. The Kier molecular flexibility index (Phi) is 19.4. The molecule has 0 saturated carbocycles. The fourth-order valence-corrected chi connectivity index (χ4v) is 11.6. The number of methoxy groups -OCH3 is 1. The van der Waals surface area contributed by atoms with E-state index in [0.717, 1.165) is 25.1 Å². The van der Waals surface area contributed by atoms with Gasteiger partial charge in [-0.15, -0.1) is 5.10 Å². The van der Waals surface area contributed by atoms with Gasteiger partial charge in [0.1, 0.15) is 30.0 Å². The van der Waals surface area contributed by atoms with Gasteiger partial charge in [0, 0.05) is 62.5 Å². The first-order chi connectivity index (χ1) is 33.4. The van der Waals surface area contributed by atoms with Crippen LogP contribution in [0.4, 0.5) is 0 Å². The van der Waals surface area contributed by atoms with E-state index >= 15 is 0 Å². The van der Waals surface area contributed by atoms with Crippen LogP contribution >= 0.6 is 0 Å². The summed E-state index contributed by atoms with van der Waals surface area (Å²) in [4.78, 5) is 18.7. The molecule has 18 nitrogen and oxygen atoms in total. The lowest BCUT2D eigenvalue weighted by molar-refractivity contribution is -0.318. The van der Waals surface area contributed by atoms with Crippen molar-refractivity contribution in [2.75, 3.05) is 34.3 Å². The molecule has 2 aromatic heterocycles. The van der Waals surface area contributed by atoms with E-state index in [0.29, 0.717) is 32.5 Å². The summed E-state index contributed by atoms with van der Waals surface area (Å²) in [6.07, 6.45) is -2.36. The topological polar surface area (TPSA) is 216 Å². The van der Waals surface area contributed by atoms with Crippen molar-refractivity contribution >= 4 is 16.9 Å². The van der Waals surface area contributed by atoms with Crippen LogP contribution in [-0.2, 0) is 52.7 Å². The first-order valence-electron chi connectivity index (χ1n) is 26.1. The van der Waals surface area contributed by atoms with Crippen molar-refractivity contribution < 1.29 is 58.7 Å². The maximum Gasteiger partial charge on any atom is 0.311 e. The maximum absolute atomic E-state index is 14.6. The Balaban J connectivity index is 1.27. The number of carbonyl (C=O) groups is 1. The molecule has 0 bridgehead atoms. The van der Waals surface area contributed by atoms with Crippen LogP contribution in [0.2, 0.25) is 0 Å². The zero-order chi connectivity index (χ0) is 52.2. The Morgan fingerprint density at radius 3 is 2.31 bits per heavy atom. The van der Waals surface area contributed by atoms with Crippen molar-refractivity contribution in [1.29, 1.82) is 0 Å². The molecule has 18 atom stereocenters. The van der Waals surface area contributed by atoms with E-state index in [9.17, 15) is 30.3 Å². The Bertz CT molecular complexity index is 2130. The number of carbonyl (C=O) groups excluding carboxylic acids is 1. The highest BCUT2D eigenvalue weighted by atomic mass is 16.7. The predicted octanol–water partition coefficient (Wildman–Crippen LogP) is 4.54. The minimum atomic E-state index is -1.87. The highest BCUT2D eigenvalue weighted by molar-refractivity contribution is 5.79. The molecular weight excluding hydrogens is 913 g/mol. The van der Waals surface area contributed by atoms with Gasteiger partial charge in [0.2, 0.25) is 0 Å². The van der Waals surface area contributed by atoms with E-state index in [4.69, 9.17) is 28.4 Å². The van der Waals surface area contributed by atoms with Crippen LogP contribution < -0.4 is 0 Å². The normalized spacial score (nSPS) is 39.6. The number of aryl methyl sites for hydroxylation is 3. The van der Waals surface area contributed by atoms with Crippen LogP contribution in [0, 0.1) is 17.8 Å². The van der Waals surface area contributed by atoms with E-state index in [1.807, 2.05) is 69.7 Å². The Hall–Kier alpha value is -3.11. The van der Waals surface area contributed by atoms with Gasteiger partial charge in [0.05, 0.1) is 53.8 Å². The highest BCUT2D eigenvalue weighted by Gasteiger charge is 2.53. The average molecular weight is 1000 g/mol. The number of cyclic esters (lactones) is 1. The molecule has 71 heavy (non-hydrogen) atoms. The number of fused-ring (bicyclic) bond motifs is 1. The molecule has 3 aliphatic rings. The van der Waals surface area contributed by atoms with E-state index < -0.39 is 96.0 Å².